The number of hydrogen-bond acceptors (Lipinski definition) is 2. The fourth-order valence-corrected chi connectivity index (χ4v) is 3.65. The van der Waals surface area contributed by atoms with Crippen LogP contribution in [0.1, 0.15) is 39.4 Å². The molecule has 0 aliphatic rings. The van der Waals surface area contributed by atoms with Crippen molar-refractivity contribution >= 4 is 52.6 Å². The van der Waals surface area contributed by atoms with Gasteiger partial charge in [-0.05, 0) is 29.3 Å². The second-order valence-corrected chi connectivity index (χ2v) is 8.66. The van der Waals surface area contributed by atoms with Crippen LogP contribution in [0.5, 0.6) is 0 Å². The van der Waals surface area contributed by atoms with Crippen molar-refractivity contribution in [2.75, 3.05) is 6.54 Å². The first-order valence-electron chi connectivity index (χ1n) is 9.77. The number of hydrogen-bond donors (Lipinski definition) is 1. The van der Waals surface area contributed by atoms with Crippen LogP contribution in [-0.4, -0.2) is 30.6 Å². The molecule has 1 amide bonds. The van der Waals surface area contributed by atoms with Crippen molar-refractivity contribution in [2.24, 2.45) is 0 Å². The van der Waals surface area contributed by atoms with E-state index in [9.17, 15) is 49.1 Å². The summed E-state index contributed by atoms with van der Waals surface area (Å²) >= 11 is 17.3. The van der Waals surface area contributed by atoms with E-state index in [4.69, 9.17) is 34.8 Å². The van der Waals surface area contributed by atoms with Crippen LogP contribution in [-0.2, 0) is 11.0 Å². The number of allylic oxidation sites excluding steroid dienone is 1. The van der Waals surface area contributed by atoms with E-state index in [1.165, 1.54) is 0 Å². The van der Waals surface area contributed by atoms with Gasteiger partial charge >= 0.3 is 18.5 Å². The van der Waals surface area contributed by atoms with Crippen molar-refractivity contribution in [2.45, 2.75) is 30.9 Å². The summed E-state index contributed by atoms with van der Waals surface area (Å²) < 4.78 is 118. The standard InChI is InChI=1S/C22H13Cl3F9NO2/c23-15-6-11(7-16(24)19(15)25)13(21(29,30)31)4-2-10-1-3-12(14(5-10)22(32,33)34)17(36)9-35-18(37)8-20(26,27)28/h1-7,13H,8-9H2,(H,35,37)/b4-2+. The number of halogens is 12. The number of carbonyl (C=O) groups is 2. The summed E-state index contributed by atoms with van der Waals surface area (Å²) in [6.07, 6.45) is -15.6. The van der Waals surface area contributed by atoms with Crippen LogP contribution in [0.25, 0.3) is 6.08 Å². The lowest BCUT2D eigenvalue weighted by atomic mass is 9.95. The molecule has 0 aromatic heterocycles. The molecule has 37 heavy (non-hydrogen) atoms. The Balaban J connectivity index is 2.38. The van der Waals surface area contributed by atoms with Crippen molar-refractivity contribution in [3.8, 4) is 0 Å². The first-order chi connectivity index (χ1) is 16.8. The predicted molar refractivity (Wildman–Crippen MR) is 119 cm³/mol. The Bertz CT molecular complexity index is 1180. The van der Waals surface area contributed by atoms with E-state index < -0.39 is 65.8 Å². The molecule has 2 rings (SSSR count). The van der Waals surface area contributed by atoms with E-state index in [2.05, 4.69) is 0 Å². The fourth-order valence-electron chi connectivity index (χ4n) is 3.03. The number of ketones is 1. The second kappa shape index (κ2) is 11.5. The molecule has 2 aromatic rings. The van der Waals surface area contributed by atoms with Crippen LogP contribution >= 0.6 is 34.8 Å². The summed E-state index contributed by atoms with van der Waals surface area (Å²) in [5.41, 5.74) is -3.39. The zero-order chi connectivity index (χ0) is 28.3. The second-order valence-electron chi connectivity index (χ2n) is 7.47. The van der Waals surface area contributed by atoms with Gasteiger partial charge in [-0.1, -0.05) is 59.1 Å². The van der Waals surface area contributed by atoms with E-state index in [1.807, 2.05) is 0 Å². The molecular formula is C22H13Cl3F9NO2. The molecule has 202 valence electrons. The normalized spacial score (nSPS) is 13.6. The van der Waals surface area contributed by atoms with Crippen LogP contribution in [0.3, 0.4) is 0 Å². The van der Waals surface area contributed by atoms with Gasteiger partial charge in [0.25, 0.3) is 0 Å². The van der Waals surface area contributed by atoms with Crippen molar-refractivity contribution < 1.29 is 49.1 Å². The highest BCUT2D eigenvalue weighted by atomic mass is 35.5. The van der Waals surface area contributed by atoms with E-state index in [0.717, 1.165) is 24.3 Å². The maximum atomic E-state index is 13.7. The van der Waals surface area contributed by atoms with Crippen molar-refractivity contribution in [1.82, 2.24) is 5.32 Å². The van der Waals surface area contributed by atoms with Crippen LogP contribution in [0.4, 0.5) is 39.5 Å². The first kappa shape index (κ1) is 30.8. The van der Waals surface area contributed by atoms with Crippen molar-refractivity contribution in [3.05, 3.63) is 73.7 Å². The molecule has 0 spiro atoms. The molecule has 0 aliphatic carbocycles. The maximum Gasteiger partial charge on any atom is 0.417 e. The maximum absolute atomic E-state index is 13.7. The number of Topliss-reactive ketones (excluding diaryl/α,β-unsaturated/α-hetero) is 1. The number of alkyl halides is 9. The lowest BCUT2D eigenvalue weighted by molar-refractivity contribution is -0.153. The predicted octanol–water partition coefficient (Wildman–Crippen LogP) is 8.28. The van der Waals surface area contributed by atoms with Gasteiger partial charge in [-0.2, -0.15) is 39.5 Å². The third-order valence-electron chi connectivity index (χ3n) is 4.66. The lowest BCUT2D eigenvalue weighted by Crippen LogP contribution is -2.33. The molecule has 1 atom stereocenters. The van der Waals surface area contributed by atoms with E-state index in [-0.39, 0.29) is 20.6 Å². The smallest absolute Gasteiger partial charge is 0.348 e. The number of benzene rings is 2. The number of rotatable bonds is 7. The monoisotopic (exact) mass is 599 g/mol. The molecule has 0 heterocycles. The summed E-state index contributed by atoms with van der Waals surface area (Å²) in [7, 11) is 0. The highest BCUT2D eigenvalue weighted by Gasteiger charge is 2.40. The minimum Gasteiger partial charge on any atom is -0.348 e. The van der Waals surface area contributed by atoms with Gasteiger partial charge in [0.1, 0.15) is 6.42 Å². The molecule has 15 heteroatoms. The minimum absolute atomic E-state index is 0.193. The van der Waals surface area contributed by atoms with Gasteiger partial charge in [0.05, 0.1) is 33.1 Å². The first-order valence-corrected chi connectivity index (χ1v) is 10.9. The van der Waals surface area contributed by atoms with Crippen molar-refractivity contribution in [1.29, 1.82) is 0 Å². The number of amides is 1. The Morgan fingerprint density at radius 2 is 1.46 bits per heavy atom. The number of nitrogens with one attached hydrogen (secondary N) is 1. The summed E-state index contributed by atoms with van der Waals surface area (Å²) in [6.45, 7) is -1.17. The Hall–Kier alpha value is -2.44. The highest BCUT2D eigenvalue weighted by molar-refractivity contribution is 6.48. The van der Waals surface area contributed by atoms with Gasteiger partial charge in [0.2, 0.25) is 5.91 Å². The molecule has 0 saturated heterocycles. The molecule has 0 aliphatic heterocycles. The summed E-state index contributed by atoms with van der Waals surface area (Å²) in [6, 6.07) is 3.71. The van der Waals surface area contributed by atoms with E-state index in [1.54, 1.807) is 5.32 Å². The third-order valence-corrected chi connectivity index (χ3v) is 5.85. The molecule has 2 aromatic carbocycles. The summed E-state index contributed by atoms with van der Waals surface area (Å²) in [4.78, 5) is 23.4. The topological polar surface area (TPSA) is 46.2 Å². The van der Waals surface area contributed by atoms with Gasteiger partial charge < -0.3 is 5.32 Å². The molecule has 1 unspecified atom stereocenters. The van der Waals surface area contributed by atoms with Gasteiger partial charge in [-0.15, -0.1) is 0 Å². The van der Waals surface area contributed by atoms with Crippen LogP contribution in [0, 0.1) is 0 Å². The van der Waals surface area contributed by atoms with Crippen molar-refractivity contribution in [3.63, 3.8) is 0 Å². The Morgan fingerprint density at radius 1 is 0.892 bits per heavy atom. The van der Waals surface area contributed by atoms with Gasteiger partial charge in [0.15, 0.2) is 5.78 Å². The van der Waals surface area contributed by atoms with E-state index in [0.29, 0.717) is 18.2 Å². The molecule has 1 N–H and O–H groups in total. The fraction of sp³-hybridized carbons (Fsp3) is 0.273. The SMILES string of the molecule is O=C(CC(F)(F)F)NCC(=O)c1ccc(/C=C/C(c2cc(Cl)c(Cl)c(Cl)c2)C(F)(F)F)cc1C(F)(F)F. The van der Waals surface area contributed by atoms with Gasteiger partial charge in [0, 0.05) is 5.56 Å². The highest BCUT2D eigenvalue weighted by Crippen LogP contribution is 2.41. The lowest BCUT2D eigenvalue weighted by Gasteiger charge is -2.19. The number of carbonyl (C=O) groups excluding carboxylic acids is 2. The average Bonchev–Trinajstić information content (AvgIpc) is 2.73. The summed E-state index contributed by atoms with van der Waals surface area (Å²) in [5, 5.41) is 0.818. The summed E-state index contributed by atoms with van der Waals surface area (Å²) in [5.74, 6) is -5.34. The zero-order valence-electron chi connectivity index (χ0n) is 17.9. The molecule has 0 fully saturated rings. The van der Waals surface area contributed by atoms with E-state index >= 15 is 0 Å². The molecule has 3 nitrogen and oxygen atoms in total. The van der Waals surface area contributed by atoms with Crippen LogP contribution in [0.2, 0.25) is 15.1 Å². The molecular weight excluding hydrogens is 588 g/mol. The van der Waals surface area contributed by atoms with Crippen LogP contribution in [0.15, 0.2) is 36.4 Å². The Morgan fingerprint density at radius 3 is 1.95 bits per heavy atom. The minimum atomic E-state index is -5.16. The molecule has 0 saturated carbocycles. The van der Waals surface area contributed by atoms with Gasteiger partial charge in [-0.3, -0.25) is 9.59 Å². The average molecular weight is 601 g/mol. The van der Waals surface area contributed by atoms with Gasteiger partial charge in [-0.25, -0.2) is 0 Å². The largest absolute Gasteiger partial charge is 0.417 e. The molecule has 0 bridgehead atoms. The Kier molecular flexibility index (Phi) is 9.59. The third kappa shape index (κ3) is 8.82. The quantitative estimate of drug-likeness (QED) is 0.198. The van der Waals surface area contributed by atoms with Crippen LogP contribution < -0.4 is 5.32 Å². The Labute approximate surface area is 218 Å². The zero-order valence-corrected chi connectivity index (χ0v) is 20.2. The molecule has 0 radical (unpaired) electrons.